The lowest BCUT2D eigenvalue weighted by Gasteiger charge is -2.20. The summed E-state index contributed by atoms with van der Waals surface area (Å²) in [5, 5.41) is 4.10. The molecule has 96 valence electrons. The van der Waals surface area contributed by atoms with E-state index in [1.807, 2.05) is 25.1 Å². The van der Waals surface area contributed by atoms with Crippen molar-refractivity contribution >= 4 is 11.6 Å². The Bertz CT molecular complexity index is 358. The Morgan fingerprint density at radius 1 is 1.29 bits per heavy atom. The number of rotatable bonds is 5. The van der Waals surface area contributed by atoms with Gasteiger partial charge in [0.15, 0.2) is 0 Å². The van der Waals surface area contributed by atoms with E-state index in [9.17, 15) is 0 Å². The number of benzene rings is 1. The lowest BCUT2D eigenvalue weighted by atomic mass is 10.1. The standard InChI is InChI=1S/C14H22ClNO/c1-11-6-7-12(15)13(10-11)17-9-5-8-16-14(2,3)4/h6-7,10,16H,5,8-9H2,1-4H3. The molecular weight excluding hydrogens is 234 g/mol. The van der Waals surface area contributed by atoms with E-state index < -0.39 is 0 Å². The minimum atomic E-state index is 0.168. The Labute approximate surface area is 109 Å². The van der Waals surface area contributed by atoms with Crippen molar-refractivity contribution in [1.82, 2.24) is 5.32 Å². The van der Waals surface area contributed by atoms with Crippen LogP contribution >= 0.6 is 11.6 Å². The number of ether oxygens (including phenoxy) is 1. The third-order valence-electron chi connectivity index (χ3n) is 2.32. The lowest BCUT2D eigenvalue weighted by molar-refractivity contribution is 0.298. The van der Waals surface area contributed by atoms with E-state index in [2.05, 4.69) is 26.1 Å². The van der Waals surface area contributed by atoms with E-state index in [0.717, 1.165) is 24.3 Å². The summed E-state index contributed by atoms with van der Waals surface area (Å²) >= 11 is 6.04. The molecule has 1 rings (SSSR count). The van der Waals surface area contributed by atoms with Gasteiger partial charge in [-0.3, -0.25) is 0 Å². The van der Waals surface area contributed by atoms with E-state index in [1.165, 1.54) is 0 Å². The fraction of sp³-hybridized carbons (Fsp3) is 0.571. The summed E-state index contributed by atoms with van der Waals surface area (Å²) in [4.78, 5) is 0. The summed E-state index contributed by atoms with van der Waals surface area (Å²) in [5.41, 5.74) is 1.33. The average molecular weight is 256 g/mol. The molecule has 0 heterocycles. The Hall–Kier alpha value is -0.730. The van der Waals surface area contributed by atoms with Gasteiger partial charge in [0.1, 0.15) is 5.75 Å². The molecule has 2 nitrogen and oxygen atoms in total. The molecule has 1 aromatic rings. The van der Waals surface area contributed by atoms with Crippen LogP contribution in [-0.2, 0) is 0 Å². The van der Waals surface area contributed by atoms with Gasteiger partial charge in [-0.1, -0.05) is 17.7 Å². The van der Waals surface area contributed by atoms with Crippen molar-refractivity contribution in [3.8, 4) is 5.75 Å². The van der Waals surface area contributed by atoms with Crippen molar-refractivity contribution in [3.63, 3.8) is 0 Å². The molecule has 0 amide bonds. The fourth-order valence-electron chi connectivity index (χ4n) is 1.44. The minimum absolute atomic E-state index is 0.168. The monoisotopic (exact) mass is 255 g/mol. The van der Waals surface area contributed by atoms with Gasteiger partial charge < -0.3 is 10.1 Å². The molecule has 0 saturated heterocycles. The first-order valence-corrected chi connectivity index (χ1v) is 6.40. The number of hydrogen-bond acceptors (Lipinski definition) is 2. The zero-order valence-electron chi connectivity index (χ0n) is 11.1. The van der Waals surface area contributed by atoms with Crippen LogP contribution in [0.25, 0.3) is 0 Å². The van der Waals surface area contributed by atoms with E-state index in [4.69, 9.17) is 16.3 Å². The van der Waals surface area contributed by atoms with Gasteiger partial charge >= 0.3 is 0 Å². The van der Waals surface area contributed by atoms with Gasteiger partial charge in [-0.05, 0) is 58.4 Å². The molecule has 0 aliphatic rings. The molecular formula is C14H22ClNO. The molecule has 0 aromatic heterocycles. The van der Waals surface area contributed by atoms with Crippen LogP contribution in [0.3, 0.4) is 0 Å². The van der Waals surface area contributed by atoms with E-state index in [1.54, 1.807) is 0 Å². The second-order valence-corrected chi connectivity index (χ2v) is 5.72. The van der Waals surface area contributed by atoms with Gasteiger partial charge in [0.05, 0.1) is 11.6 Å². The zero-order chi connectivity index (χ0) is 12.9. The van der Waals surface area contributed by atoms with Crippen LogP contribution in [-0.4, -0.2) is 18.7 Å². The highest BCUT2D eigenvalue weighted by atomic mass is 35.5. The number of hydrogen-bond donors (Lipinski definition) is 1. The molecule has 0 saturated carbocycles. The molecule has 0 atom stereocenters. The minimum Gasteiger partial charge on any atom is -0.492 e. The molecule has 0 aliphatic carbocycles. The summed E-state index contributed by atoms with van der Waals surface area (Å²) in [6, 6.07) is 5.83. The summed E-state index contributed by atoms with van der Waals surface area (Å²) in [6.45, 7) is 10.1. The summed E-state index contributed by atoms with van der Waals surface area (Å²) in [5.74, 6) is 0.780. The van der Waals surface area contributed by atoms with Crippen LogP contribution in [0, 0.1) is 6.92 Å². The fourth-order valence-corrected chi connectivity index (χ4v) is 1.61. The molecule has 3 heteroatoms. The highest BCUT2D eigenvalue weighted by molar-refractivity contribution is 6.32. The average Bonchev–Trinajstić information content (AvgIpc) is 2.21. The lowest BCUT2D eigenvalue weighted by Crippen LogP contribution is -2.36. The molecule has 1 N–H and O–H groups in total. The van der Waals surface area contributed by atoms with Gasteiger partial charge in [-0.25, -0.2) is 0 Å². The van der Waals surface area contributed by atoms with Gasteiger partial charge in [0.25, 0.3) is 0 Å². The van der Waals surface area contributed by atoms with Gasteiger partial charge in [-0.15, -0.1) is 0 Å². The second kappa shape index (κ2) is 6.27. The predicted molar refractivity (Wildman–Crippen MR) is 74.1 cm³/mol. The maximum absolute atomic E-state index is 6.04. The molecule has 0 fully saturated rings. The van der Waals surface area contributed by atoms with Crippen LogP contribution in [0.4, 0.5) is 0 Å². The first-order valence-electron chi connectivity index (χ1n) is 6.02. The number of nitrogens with one attached hydrogen (secondary N) is 1. The normalized spacial score (nSPS) is 11.6. The molecule has 0 unspecified atom stereocenters. The van der Waals surface area contributed by atoms with Crippen LogP contribution in [0.2, 0.25) is 5.02 Å². The molecule has 0 radical (unpaired) electrons. The maximum Gasteiger partial charge on any atom is 0.138 e. The van der Waals surface area contributed by atoms with Crippen molar-refractivity contribution in [2.45, 2.75) is 39.7 Å². The number of halogens is 1. The highest BCUT2D eigenvalue weighted by Gasteiger charge is 2.07. The van der Waals surface area contributed by atoms with Crippen LogP contribution < -0.4 is 10.1 Å². The van der Waals surface area contributed by atoms with Crippen molar-refractivity contribution in [2.75, 3.05) is 13.2 Å². The molecule has 0 aliphatic heterocycles. The summed E-state index contributed by atoms with van der Waals surface area (Å²) in [7, 11) is 0. The first-order chi connectivity index (χ1) is 7.88. The highest BCUT2D eigenvalue weighted by Crippen LogP contribution is 2.25. The molecule has 1 aromatic carbocycles. The van der Waals surface area contributed by atoms with Gasteiger partial charge in [0.2, 0.25) is 0 Å². The largest absolute Gasteiger partial charge is 0.492 e. The van der Waals surface area contributed by atoms with Crippen molar-refractivity contribution in [3.05, 3.63) is 28.8 Å². The maximum atomic E-state index is 6.04. The Kier molecular flexibility index (Phi) is 5.29. The first kappa shape index (κ1) is 14.3. The van der Waals surface area contributed by atoms with Crippen LogP contribution in [0.5, 0.6) is 5.75 Å². The summed E-state index contributed by atoms with van der Waals surface area (Å²) in [6.07, 6.45) is 0.974. The predicted octanol–water partition coefficient (Wildman–Crippen LogP) is 3.81. The molecule has 0 bridgehead atoms. The Morgan fingerprint density at radius 3 is 2.65 bits per heavy atom. The second-order valence-electron chi connectivity index (χ2n) is 5.31. The van der Waals surface area contributed by atoms with Crippen molar-refractivity contribution < 1.29 is 4.74 Å². The van der Waals surface area contributed by atoms with E-state index in [0.29, 0.717) is 11.6 Å². The number of aryl methyl sites for hydroxylation is 1. The third-order valence-corrected chi connectivity index (χ3v) is 2.63. The smallest absolute Gasteiger partial charge is 0.138 e. The third kappa shape index (κ3) is 5.94. The van der Waals surface area contributed by atoms with E-state index in [-0.39, 0.29) is 5.54 Å². The van der Waals surface area contributed by atoms with Crippen molar-refractivity contribution in [2.24, 2.45) is 0 Å². The molecule has 17 heavy (non-hydrogen) atoms. The van der Waals surface area contributed by atoms with Gasteiger partial charge in [-0.2, -0.15) is 0 Å². The van der Waals surface area contributed by atoms with E-state index >= 15 is 0 Å². The molecule has 0 spiro atoms. The zero-order valence-corrected chi connectivity index (χ0v) is 11.9. The van der Waals surface area contributed by atoms with Gasteiger partial charge in [0, 0.05) is 5.54 Å². The quantitative estimate of drug-likeness (QED) is 0.808. The SMILES string of the molecule is Cc1ccc(Cl)c(OCCCNC(C)(C)C)c1. The Morgan fingerprint density at radius 2 is 2.00 bits per heavy atom. The van der Waals surface area contributed by atoms with Crippen LogP contribution in [0.1, 0.15) is 32.8 Å². The Balaban J connectivity index is 2.29. The van der Waals surface area contributed by atoms with Crippen molar-refractivity contribution in [1.29, 1.82) is 0 Å². The van der Waals surface area contributed by atoms with Crippen LogP contribution in [0.15, 0.2) is 18.2 Å². The topological polar surface area (TPSA) is 21.3 Å². The summed E-state index contributed by atoms with van der Waals surface area (Å²) < 4.78 is 5.66.